The van der Waals surface area contributed by atoms with E-state index in [0.717, 1.165) is 11.4 Å². The number of nitrogens with two attached hydrogens (primary N) is 1. The molecule has 5 nitrogen and oxygen atoms in total. The van der Waals surface area contributed by atoms with Crippen molar-refractivity contribution in [1.82, 2.24) is 19.6 Å². The molecule has 0 bridgehead atoms. The van der Waals surface area contributed by atoms with Crippen LogP contribution in [0.4, 0.5) is 0 Å². The van der Waals surface area contributed by atoms with Gasteiger partial charge < -0.3 is 5.73 Å². The molecule has 5 heteroatoms. The van der Waals surface area contributed by atoms with Crippen molar-refractivity contribution in [3.8, 4) is 0 Å². The van der Waals surface area contributed by atoms with Crippen molar-refractivity contribution in [2.24, 2.45) is 5.73 Å². The minimum absolute atomic E-state index is 0.379. The predicted molar refractivity (Wildman–Crippen MR) is 52.8 cm³/mol. The van der Waals surface area contributed by atoms with Gasteiger partial charge in [0.05, 0.1) is 6.54 Å². The Labute approximate surface area is 82.0 Å². The van der Waals surface area contributed by atoms with E-state index in [1.165, 1.54) is 0 Å². The number of aromatic nitrogens is 4. The number of hydrogen-bond donors (Lipinski definition) is 1. The van der Waals surface area contributed by atoms with Crippen LogP contribution in [-0.4, -0.2) is 19.6 Å². The Morgan fingerprint density at radius 1 is 1.43 bits per heavy atom. The first-order valence-corrected chi connectivity index (χ1v) is 4.62. The molecular weight excluding hydrogens is 178 g/mol. The Morgan fingerprint density at radius 2 is 2.21 bits per heavy atom. The van der Waals surface area contributed by atoms with Crippen molar-refractivity contribution in [3.05, 3.63) is 23.8 Å². The molecule has 0 unspecified atom stereocenters. The molecule has 0 aromatic carbocycles. The van der Waals surface area contributed by atoms with E-state index in [-0.39, 0.29) is 0 Å². The zero-order valence-electron chi connectivity index (χ0n) is 8.31. The molecule has 0 aliphatic carbocycles. The quantitative estimate of drug-likeness (QED) is 0.758. The Balaban J connectivity index is 2.61. The van der Waals surface area contributed by atoms with Crippen molar-refractivity contribution in [2.45, 2.75) is 26.3 Å². The van der Waals surface area contributed by atoms with Crippen molar-refractivity contribution < 1.29 is 0 Å². The zero-order valence-corrected chi connectivity index (χ0v) is 8.31. The minimum Gasteiger partial charge on any atom is -0.324 e. The van der Waals surface area contributed by atoms with Gasteiger partial charge in [0.1, 0.15) is 0 Å². The van der Waals surface area contributed by atoms with Gasteiger partial charge in [-0.2, -0.15) is 0 Å². The first-order valence-electron chi connectivity index (χ1n) is 4.62. The number of nitrogens with zero attached hydrogens (tertiary/aromatic N) is 4. The lowest BCUT2D eigenvalue weighted by molar-refractivity contribution is 0.824. The van der Waals surface area contributed by atoms with E-state index in [1.54, 1.807) is 0 Å². The third-order valence-corrected chi connectivity index (χ3v) is 2.20. The summed E-state index contributed by atoms with van der Waals surface area (Å²) in [6.07, 6.45) is 3.82. The molecule has 74 valence electrons. The van der Waals surface area contributed by atoms with E-state index in [2.05, 4.69) is 29.0 Å². The van der Waals surface area contributed by atoms with Crippen LogP contribution in [0.5, 0.6) is 0 Å². The minimum atomic E-state index is 0.379. The van der Waals surface area contributed by atoms with E-state index >= 15 is 0 Å². The predicted octanol–water partition coefficient (Wildman–Crippen LogP) is 0.706. The zero-order chi connectivity index (χ0) is 10.1. The highest BCUT2D eigenvalue weighted by atomic mass is 15.3. The molecule has 0 amide bonds. The lowest BCUT2D eigenvalue weighted by Gasteiger charge is -2.04. The fourth-order valence-electron chi connectivity index (χ4n) is 1.29. The third-order valence-electron chi connectivity index (χ3n) is 2.20. The van der Waals surface area contributed by atoms with Gasteiger partial charge in [0.15, 0.2) is 5.82 Å². The van der Waals surface area contributed by atoms with Crippen molar-refractivity contribution in [2.75, 3.05) is 0 Å². The van der Waals surface area contributed by atoms with E-state index in [0.29, 0.717) is 18.2 Å². The summed E-state index contributed by atoms with van der Waals surface area (Å²) in [5.74, 6) is 1.80. The second kappa shape index (κ2) is 3.34. The fraction of sp³-hybridized carbons (Fsp3) is 0.444. The largest absolute Gasteiger partial charge is 0.324 e. The van der Waals surface area contributed by atoms with Gasteiger partial charge in [-0.3, -0.25) is 4.40 Å². The molecule has 2 aromatic rings. The van der Waals surface area contributed by atoms with Crippen LogP contribution in [0.3, 0.4) is 0 Å². The summed E-state index contributed by atoms with van der Waals surface area (Å²) in [4.78, 5) is 4.20. The van der Waals surface area contributed by atoms with E-state index in [1.807, 2.05) is 16.8 Å². The Kier molecular flexibility index (Phi) is 2.17. The molecule has 0 atom stereocenters. The molecule has 0 saturated heterocycles. The Morgan fingerprint density at radius 3 is 2.86 bits per heavy atom. The van der Waals surface area contributed by atoms with Crippen LogP contribution in [-0.2, 0) is 6.54 Å². The Bertz CT molecular complexity index is 445. The molecule has 0 fully saturated rings. The second-order valence-corrected chi connectivity index (χ2v) is 3.53. The average molecular weight is 191 g/mol. The molecule has 0 spiro atoms. The van der Waals surface area contributed by atoms with Crippen molar-refractivity contribution in [3.63, 3.8) is 0 Å². The summed E-state index contributed by atoms with van der Waals surface area (Å²) in [6, 6.07) is 0. The fourth-order valence-corrected chi connectivity index (χ4v) is 1.29. The van der Waals surface area contributed by atoms with Gasteiger partial charge in [-0.1, -0.05) is 13.8 Å². The van der Waals surface area contributed by atoms with E-state index < -0.39 is 0 Å². The summed E-state index contributed by atoms with van der Waals surface area (Å²) in [6.45, 7) is 4.62. The van der Waals surface area contributed by atoms with E-state index in [9.17, 15) is 0 Å². The van der Waals surface area contributed by atoms with Gasteiger partial charge in [0.25, 0.3) is 5.78 Å². The Hall–Kier alpha value is -1.49. The molecule has 14 heavy (non-hydrogen) atoms. The number of fused-ring (bicyclic) bond motifs is 1. The highest BCUT2D eigenvalue weighted by Gasteiger charge is 2.06. The van der Waals surface area contributed by atoms with Gasteiger partial charge in [0, 0.05) is 12.4 Å². The number of rotatable bonds is 2. The monoisotopic (exact) mass is 191 g/mol. The van der Waals surface area contributed by atoms with E-state index in [4.69, 9.17) is 5.73 Å². The van der Waals surface area contributed by atoms with Gasteiger partial charge in [0.2, 0.25) is 0 Å². The molecule has 0 radical (unpaired) electrons. The lowest BCUT2D eigenvalue weighted by atomic mass is 10.1. The lowest BCUT2D eigenvalue weighted by Crippen LogP contribution is -2.04. The van der Waals surface area contributed by atoms with Crippen molar-refractivity contribution >= 4 is 5.78 Å². The van der Waals surface area contributed by atoms with Crippen LogP contribution in [0.15, 0.2) is 12.4 Å². The maximum atomic E-state index is 5.54. The smallest absolute Gasteiger partial charge is 0.255 e. The molecule has 0 saturated carbocycles. The SMILES string of the molecule is CC(C)c1cnc2nnc(CN)n2c1. The summed E-state index contributed by atoms with van der Waals surface area (Å²) in [7, 11) is 0. The maximum Gasteiger partial charge on any atom is 0.255 e. The van der Waals surface area contributed by atoms with Crippen LogP contribution in [0.1, 0.15) is 31.2 Å². The molecule has 2 N–H and O–H groups in total. The van der Waals surface area contributed by atoms with Crippen LogP contribution < -0.4 is 5.73 Å². The normalized spacial score (nSPS) is 11.4. The van der Waals surface area contributed by atoms with Crippen LogP contribution >= 0.6 is 0 Å². The molecule has 0 aliphatic heterocycles. The van der Waals surface area contributed by atoms with Crippen LogP contribution in [0, 0.1) is 0 Å². The maximum absolute atomic E-state index is 5.54. The molecule has 2 rings (SSSR count). The van der Waals surface area contributed by atoms with Crippen LogP contribution in [0.25, 0.3) is 5.78 Å². The van der Waals surface area contributed by atoms with Gasteiger partial charge in [-0.15, -0.1) is 10.2 Å². The topological polar surface area (TPSA) is 69.1 Å². The molecule has 2 aromatic heterocycles. The highest BCUT2D eigenvalue weighted by Crippen LogP contribution is 2.13. The molecular formula is C9H13N5. The summed E-state index contributed by atoms with van der Waals surface area (Å²) in [5, 5.41) is 7.85. The molecule has 0 aliphatic rings. The summed E-state index contributed by atoms with van der Waals surface area (Å²) < 4.78 is 1.84. The summed E-state index contributed by atoms with van der Waals surface area (Å²) in [5.41, 5.74) is 6.69. The molecule has 2 heterocycles. The van der Waals surface area contributed by atoms with Gasteiger partial charge in [-0.05, 0) is 11.5 Å². The standard InChI is InChI=1S/C9H13N5/c1-6(2)7-4-11-9-13-12-8(3-10)14(9)5-7/h4-6H,3,10H2,1-2H3. The third kappa shape index (κ3) is 1.35. The first kappa shape index (κ1) is 9.08. The van der Waals surface area contributed by atoms with Gasteiger partial charge >= 0.3 is 0 Å². The van der Waals surface area contributed by atoms with Crippen molar-refractivity contribution in [1.29, 1.82) is 0 Å². The summed E-state index contributed by atoms with van der Waals surface area (Å²) >= 11 is 0. The number of hydrogen-bond acceptors (Lipinski definition) is 4. The second-order valence-electron chi connectivity index (χ2n) is 3.53. The van der Waals surface area contributed by atoms with Gasteiger partial charge in [-0.25, -0.2) is 4.98 Å². The average Bonchev–Trinajstić information content (AvgIpc) is 2.59. The first-order chi connectivity index (χ1) is 6.72. The highest BCUT2D eigenvalue weighted by molar-refractivity contribution is 5.29. The van der Waals surface area contributed by atoms with Crippen LogP contribution in [0.2, 0.25) is 0 Å².